The van der Waals surface area contributed by atoms with E-state index in [1.54, 1.807) is 11.8 Å². The summed E-state index contributed by atoms with van der Waals surface area (Å²) in [4.78, 5) is 17.3. The SMILES string of the molecule is Cc1cc(C#N)nc(N2CCCC(F)(F)CC2)c1C(N)=O. The van der Waals surface area contributed by atoms with Crippen molar-refractivity contribution in [2.75, 3.05) is 18.0 Å². The molecular formula is C14H16F2N4O. The van der Waals surface area contributed by atoms with Crippen LogP contribution in [0.5, 0.6) is 0 Å². The Balaban J connectivity index is 2.44. The van der Waals surface area contributed by atoms with Gasteiger partial charge in [-0.15, -0.1) is 0 Å². The quantitative estimate of drug-likeness (QED) is 0.904. The Hall–Kier alpha value is -2.23. The number of alkyl halides is 2. The number of primary amides is 1. The number of nitriles is 1. The monoisotopic (exact) mass is 294 g/mol. The van der Waals surface area contributed by atoms with Crippen LogP contribution in [-0.4, -0.2) is 29.9 Å². The van der Waals surface area contributed by atoms with Gasteiger partial charge in [0.1, 0.15) is 17.6 Å². The summed E-state index contributed by atoms with van der Waals surface area (Å²) in [5, 5.41) is 8.99. The van der Waals surface area contributed by atoms with Crippen molar-refractivity contribution in [2.24, 2.45) is 5.73 Å². The third-order valence-corrected chi connectivity index (χ3v) is 3.58. The molecule has 21 heavy (non-hydrogen) atoms. The number of anilines is 1. The number of hydrogen-bond acceptors (Lipinski definition) is 4. The van der Waals surface area contributed by atoms with Crippen molar-refractivity contribution in [2.45, 2.75) is 32.1 Å². The molecule has 112 valence electrons. The summed E-state index contributed by atoms with van der Waals surface area (Å²) in [6.07, 6.45) is -0.197. The van der Waals surface area contributed by atoms with Crippen LogP contribution < -0.4 is 10.6 Å². The second kappa shape index (κ2) is 5.64. The molecule has 0 aromatic carbocycles. The van der Waals surface area contributed by atoms with E-state index < -0.39 is 11.8 Å². The molecule has 1 aliphatic heterocycles. The highest BCUT2D eigenvalue weighted by molar-refractivity contribution is 5.99. The lowest BCUT2D eigenvalue weighted by atomic mass is 10.1. The molecule has 5 nitrogen and oxygen atoms in total. The fourth-order valence-corrected chi connectivity index (χ4v) is 2.52. The summed E-state index contributed by atoms with van der Waals surface area (Å²) < 4.78 is 26.9. The van der Waals surface area contributed by atoms with Gasteiger partial charge in [-0.2, -0.15) is 5.26 Å². The Morgan fingerprint density at radius 2 is 2.19 bits per heavy atom. The van der Waals surface area contributed by atoms with Crippen LogP contribution in [0.15, 0.2) is 6.07 Å². The van der Waals surface area contributed by atoms with Gasteiger partial charge >= 0.3 is 0 Å². The molecular weight excluding hydrogens is 278 g/mol. The normalized spacial score (nSPS) is 17.9. The minimum absolute atomic E-state index is 0.0780. The van der Waals surface area contributed by atoms with Gasteiger partial charge in [0.2, 0.25) is 5.92 Å². The lowest BCUT2D eigenvalue weighted by molar-refractivity contribution is -0.0102. The minimum Gasteiger partial charge on any atom is -0.365 e. The zero-order valence-corrected chi connectivity index (χ0v) is 11.7. The van der Waals surface area contributed by atoms with Gasteiger partial charge in [-0.1, -0.05) is 0 Å². The van der Waals surface area contributed by atoms with Crippen molar-refractivity contribution in [1.29, 1.82) is 5.26 Å². The van der Waals surface area contributed by atoms with Crippen molar-refractivity contribution in [3.8, 4) is 6.07 Å². The van der Waals surface area contributed by atoms with Crippen LogP contribution in [0.1, 0.15) is 40.9 Å². The number of hydrogen-bond donors (Lipinski definition) is 1. The molecule has 1 aromatic rings. The molecule has 1 aromatic heterocycles. The fraction of sp³-hybridized carbons (Fsp3) is 0.500. The molecule has 2 heterocycles. The van der Waals surface area contributed by atoms with Gasteiger partial charge in [0.15, 0.2) is 0 Å². The van der Waals surface area contributed by atoms with Gasteiger partial charge in [0, 0.05) is 25.9 Å². The van der Waals surface area contributed by atoms with E-state index in [1.165, 1.54) is 6.07 Å². The largest absolute Gasteiger partial charge is 0.365 e. The average molecular weight is 294 g/mol. The number of aryl methyl sites for hydroxylation is 1. The second-order valence-electron chi connectivity index (χ2n) is 5.20. The van der Waals surface area contributed by atoms with E-state index >= 15 is 0 Å². The molecule has 0 aliphatic carbocycles. The van der Waals surface area contributed by atoms with Crippen molar-refractivity contribution >= 4 is 11.7 Å². The highest BCUT2D eigenvalue weighted by atomic mass is 19.3. The third-order valence-electron chi connectivity index (χ3n) is 3.58. The van der Waals surface area contributed by atoms with Crippen LogP contribution in [0.2, 0.25) is 0 Å². The number of rotatable bonds is 2. The van der Waals surface area contributed by atoms with Gasteiger partial charge in [0.05, 0.1) is 5.56 Å². The first-order valence-corrected chi connectivity index (χ1v) is 6.68. The van der Waals surface area contributed by atoms with E-state index in [0.29, 0.717) is 18.5 Å². The summed E-state index contributed by atoms with van der Waals surface area (Å²) in [5.74, 6) is -3.14. The average Bonchev–Trinajstić information content (AvgIpc) is 2.58. The number of nitrogens with two attached hydrogens (primary N) is 1. The highest BCUT2D eigenvalue weighted by Gasteiger charge is 2.33. The summed E-state index contributed by atoms with van der Waals surface area (Å²) >= 11 is 0. The first-order chi connectivity index (χ1) is 9.84. The first kappa shape index (κ1) is 15.2. The number of pyridine rings is 1. The number of carbonyl (C=O) groups is 1. The van der Waals surface area contributed by atoms with Crippen molar-refractivity contribution in [3.05, 3.63) is 22.9 Å². The molecule has 1 aliphatic rings. The maximum absolute atomic E-state index is 13.4. The van der Waals surface area contributed by atoms with Gasteiger partial charge in [-0.25, -0.2) is 13.8 Å². The summed E-state index contributed by atoms with van der Waals surface area (Å²) in [5.41, 5.74) is 6.23. The van der Waals surface area contributed by atoms with Crippen LogP contribution in [-0.2, 0) is 0 Å². The molecule has 0 atom stereocenters. The predicted molar refractivity (Wildman–Crippen MR) is 73.2 cm³/mol. The maximum atomic E-state index is 13.4. The minimum atomic E-state index is -2.70. The molecule has 2 rings (SSSR count). The van der Waals surface area contributed by atoms with Crippen LogP contribution in [0, 0.1) is 18.3 Å². The number of halogens is 2. The summed E-state index contributed by atoms with van der Waals surface area (Å²) in [6, 6.07) is 3.38. The molecule has 0 spiro atoms. The van der Waals surface area contributed by atoms with Gasteiger partial charge < -0.3 is 10.6 Å². The molecule has 1 fully saturated rings. The molecule has 1 amide bonds. The smallest absolute Gasteiger partial charge is 0.252 e. The van der Waals surface area contributed by atoms with E-state index in [9.17, 15) is 13.6 Å². The molecule has 1 saturated heterocycles. The molecule has 0 bridgehead atoms. The zero-order valence-electron chi connectivity index (χ0n) is 11.7. The molecule has 2 N–H and O–H groups in total. The van der Waals surface area contributed by atoms with E-state index in [1.807, 2.05) is 6.07 Å². The van der Waals surface area contributed by atoms with Crippen molar-refractivity contribution in [1.82, 2.24) is 4.98 Å². The highest BCUT2D eigenvalue weighted by Crippen LogP contribution is 2.31. The first-order valence-electron chi connectivity index (χ1n) is 6.68. The number of aromatic nitrogens is 1. The Morgan fingerprint density at radius 1 is 1.48 bits per heavy atom. The molecule has 0 saturated carbocycles. The summed E-state index contributed by atoms with van der Waals surface area (Å²) in [6.45, 7) is 2.09. The van der Waals surface area contributed by atoms with Crippen LogP contribution in [0.4, 0.5) is 14.6 Å². The van der Waals surface area contributed by atoms with E-state index in [0.717, 1.165) is 0 Å². The predicted octanol–water partition coefficient (Wildman–Crippen LogP) is 1.99. The molecule has 7 heteroatoms. The fourth-order valence-electron chi connectivity index (χ4n) is 2.52. The second-order valence-corrected chi connectivity index (χ2v) is 5.20. The Morgan fingerprint density at radius 3 is 2.81 bits per heavy atom. The Kier molecular flexibility index (Phi) is 4.07. The van der Waals surface area contributed by atoms with Crippen molar-refractivity contribution in [3.63, 3.8) is 0 Å². The van der Waals surface area contributed by atoms with Gasteiger partial charge in [0.25, 0.3) is 5.91 Å². The van der Waals surface area contributed by atoms with Crippen LogP contribution in [0.25, 0.3) is 0 Å². The zero-order chi connectivity index (χ0) is 15.6. The topological polar surface area (TPSA) is 83.0 Å². The van der Waals surface area contributed by atoms with E-state index in [4.69, 9.17) is 11.0 Å². The number of nitrogens with zero attached hydrogens (tertiary/aromatic N) is 3. The Labute approximate surface area is 121 Å². The van der Waals surface area contributed by atoms with E-state index in [-0.39, 0.29) is 36.5 Å². The molecule has 0 radical (unpaired) electrons. The standard InChI is InChI=1S/C14H16F2N4O/c1-9-7-10(8-17)19-13(11(9)12(18)21)20-5-2-3-14(15,16)4-6-20/h7H,2-6H2,1H3,(H2,18,21). The number of carbonyl (C=O) groups excluding carboxylic acids is 1. The van der Waals surface area contributed by atoms with Gasteiger partial charge in [-0.05, 0) is 25.0 Å². The van der Waals surface area contributed by atoms with E-state index in [2.05, 4.69) is 4.98 Å². The van der Waals surface area contributed by atoms with Crippen LogP contribution >= 0.6 is 0 Å². The molecule has 0 unspecified atom stereocenters. The Bertz CT molecular complexity index is 610. The lowest BCUT2D eigenvalue weighted by Crippen LogP contribution is -2.30. The third kappa shape index (κ3) is 3.27. The number of amides is 1. The van der Waals surface area contributed by atoms with Crippen molar-refractivity contribution < 1.29 is 13.6 Å². The lowest BCUT2D eigenvalue weighted by Gasteiger charge is -2.24. The summed E-state index contributed by atoms with van der Waals surface area (Å²) in [7, 11) is 0. The van der Waals surface area contributed by atoms with Crippen LogP contribution in [0.3, 0.4) is 0 Å². The van der Waals surface area contributed by atoms with Gasteiger partial charge in [-0.3, -0.25) is 4.79 Å². The maximum Gasteiger partial charge on any atom is 0.252 e.